The molecular formula is C14H23N. The Balaban J connectivity index is 2.01. The molecule has 15 heavy (non-hydrogen) atoms. The standard InChI is InChI=1S/C14H23N/c1-5-10-7-12(10)9(3)14-11(6-2)13(14)8-15-4/h6,10-11,13-15H,2,5,7-8H2,1,3-4H3. The third-order valence-corrected chi connectivity index (χ3v) is 4.24. The molecule has 2 fully saturated rings. The number of nitrogens with one attached hydrogen (secondary N) is 1. The molecule has 2 saturated carbocycles. The van der Waals surface area contributed by atoms with Crippen molar-refractivity contribution in [3.05, 3.63) is 23.8 Å². The zero-order chi connectivity index (χ0) is 11.0. The van der Waals surface area contributed by atoms with Gasteiger partial charge in [-0.05, 0) is 57.0 Å². The summed E-state index contributed by atoms with van der Waals surface area (Å²) < 4.78 is 0. The zero-order valence-electron chi connectivity index (χ0n) is 10.2. The Hall–Kier alpha value is -0.560. The molecule has 2 rings (SSSR count). The van der Waals surface area contributed by atoms with Crippen molar-refractivity contribution in [3.8, 4) is 0 Å². The van der Waals surface area contributed by atoms with Gasteiger partial charge in [-0.3, -0.25) is 0 Å². The lowest BCUT2D eigenvalue weighted by Crippen LogP contribution is -2.11. The molecule has 0 aromatic rings. The molecular weight excluding hydrogens is 182 g/mol. The van der Waals surface area contributed by atoms with Crippen molar-refractivity contribution in [2.45, 2.75) is 26.7 Å². The minimum Gasteiger partial charge on any atom is -0.319 e. The Morgan fingerprint density at radius 3 is 2.80 bits per heavy atom. The van der Waals surface area contributed by atoms with Crippen LogP contribution in [0, 0.1) is 23.7 Å². The molecule has 0 aromatic heterocycles. The molecule has 0 amide bonds. The van der Waals surface area contributed by atoms with E-state index in [1.807, 2.05) is 7.05 Å². The predicted octanol–water partition coefficient (Wildman–Crippen LogP) is 3.00. The van der Waals surface area contributed by atoms with Crippen molar-refractivity contribution in [2.75, 3.05) is 13.6 Å². The third kappa shape index (κ3) is 1.90. The topological polar surface area (TPSA) is 12.0 Å². The van der Waals surface area contributed by atoms with Crippen LogP contribution in [-0.2, 0) is 0 Å². The smallest absolute Gasteiger partial charge is 0.00117 e. The minimum atomic E-state index is 0.739. The SMILES string of the molecule is C=CC1C(CNC)C1C(C)=C1CC1CC. The van der Waals surface area contributed by atoms with E-state index in [-0.39, 0.29) is 0 Å². The van der Waals surface area contributed by atoms with Crippen LogP contribution < -0.4 is 5.32 Å². The number of rotatable bonds is 5. The fourth-order valence-electron chi connectivity index (χ4n) is 3.12. The fourth-order valence-corrected chi connectivity index (χ4v) is 3.12. The molecule has 0 spiro atoms. The van der Waals surface area contributed by atoms with Gasteiger partial charge in [0.15, 0.2) is 0 Å². The summed E-state index contributed by atoms with van der Waals surface area (Å²) >= 11 is 0. The molecule has 0 radical (unpaired) electrons. The van der Waals surface area contributed by atoms with Crippen LogP contribution in [0.25, 0.3) is 0 Å². The quantitative estimate of drug-likeness (QED) is 0.680. The molecule has 2 aliphatic carbocycles. The van der Waals surface area contributed by atoms with E-state index < -0.39 is 0 Å². The first-order valence-electron chi connectivity index (χ1n) is 6.21. The average Bonchev–Trinajstić information content (AvgIpc) is 3.12. The van der Waals surface area contributed by atoms with Crippen LogP contribution in [-0.4, -0.2) is 13.6 Å². The van der Waals surface area contributed by atoms with Gasteiger partial charge in [-0.25, -0.2) is 0 Å². The molecule has 2 aliphatic rings. The molecule has 0 bridgehead atoms. The van der Waals surface area contributed by atoms with Crippen LogP contribution in [0.1, 0.15) is 26.7 Å². The normalized spacial score (nSPS) is 41.3. The first-order chi connectivity index (χ1) is 7.24. The Bertz CT molecular complexity index is 290. The molecule has 84 valence electrons. The zero-order valence-corrected chi connectivity index (χ0v) is 10.2. The van der Waals surface area contributed by atoms with Crippen LogP contribution in [0.3, 0.4) is 0 Å². The summed E-state index contributed by atoms with van der Waals surface area (Å²) in [5, 5.41) is 3.29. The first kappa shape index (κ1) is 10.9. The average molecular weight is 205 g/mol. The second kappa shape index (κ2) is 4.13. The molecule has 0 aliphatic heterocycles. The monoisotopic (exact) mass is 205 g/mol. The third-order valence-electron chi connectivity index (χ3n) is 4.24. The highest BCUT2D eigenvalue weighted by Gasteiger charge is 2.50. The lowest BCUT2D eigenvalue weighted by molar-refractivity contribution is 0.669. The van der Waals surface area contributed by atoms with Crippen molar-refractivity contribution in [2.24, 2.45) is 23.7 Å². The highest BCUT2D eigenvalue weighted by Crippen LogP contribution is 2.56. The van der Waals surface area contributed by atoms with Crippen LogP contribution >= 0.6 is 0 Å². The van der Waals surface area contributed by atoms with E-state index in [2.05, 4.69) is 31.8 Å². The van der Waals surface area contributed by atoms with Gasteiger partial charge in [-0.15, -0.1) is 6.58 Å². The molecule has 4 atom stereocenters. The largest absolute Gasteiger partial charge is 0.319 e. The maximum absolute atomic E-state index is 3.96. The molecule has 0 aromatic carbocycles. The van der Waals surface area contributed by atoms with Crippen LogP contribution in [0.5, 0.6) is 0 Å². The lowest BCUT2D eigenvalue weighted by atomic mass is 10.1. The van der Waals surface area contributed by atoms with E-state index in [0.29, 0.717) is 0 Å². The number of hydrogen-bond donors (Lipinski definition) is 1. The highest BCUT2D eigenvalue weighted by atomic mass is 14.8. The Kier molecular flexibility index (Phi) is 3.01. The summed E-state index contributed by atoms with van der Waals surface area (Å²) in [5.41, 5.74) is 3.44. The Labute approximate surface area is 93.6 Å². The van der Waals surface area contributed by atoms with Gasteiger partial charge in [0.05, 0.1) is 0 Å². The summed E-state index contributed by atoms with van der Waals surface area (Å²) in [6.45, 7) is 9.75. The van der Waals surface area contributed by atoms with Gasteiger partial charge in [0.25, 0.3) is 0 Å². The van der Waals surface area contributed by atoms with Crippen molar-refractivity contribution in [3.63, 3.8) is 0 Å². The maximum atomic E-state index is 3.96. The van der Waals surface area contributed by atoms with Crippen molar-refractivity contribution < 1.29 is 0 Å². The van der Waals surface area contributed by atoms with Gasteiger partial charge in [-0.1, -0.05) is 24.1 Å². The molecule has 0 heterocycles. The van der Waals surface area contributed by atoms with Crippen molar-refractivity contribution in [1.29, 1.82) is 0 Å². The fraction of sp³-hybridized carbons (Fsp3) is 0.714. The lowest BCUT2D eigenvalue weighted by Gasteiger charge is -1.99. The molecule has 1 N–H and O–H groups in total. The van der Waals surface area contributed by atoms with E-state index in [4.69, 9.17) is 0 Å². The van der Waals surface area contributed by atoms with Crippen LogP contribution in [0.2, 0.25) is 0 Å². The summed E-state index contributed by atoms with van der Waals surface area (Å²) in [4.78, 5) is 0. The number of hydrogen-bond acceptors (Lipinski definition) is 1. The van der Waals surface area contributed by atoms with E-state index in [1.54, 1.807) is 11.1 Å². The summed E-state index contributed by atoms with van der Waals surface area (Å²) in [6.07, 6.45) is 4.85. The van der Waals surface area contributed by atoms with E-state index in [1.165, 1.54) is 12.8 Å². The second-order valence-corrected chi connectivity index (χ2v) is 5.08. The van der Waals surface area contributed by atoms with Gasteiger partial charge in [0.1, 0.15) is 0 Å². The Morgan fingerprint density at radius 1 is 1.60 bits per heavy atom. The van der Waals surface area contributed by atoms with Crippen molar-refractivity contribution >= 4 is 0 Å². The van der Waals surface area contributed by atoms with Crippen molar-refractivity contribution in [1.82, 2.24) is 5.32 Å². The van der Waals surface area contributed by atoms with Crippen LogP contribution in [0.4, 0.5) is 0 Å². The molecule has 4 unspecified atom stereocenters. The Morgan fingerprint density at radius 2 is 2.33 bits per heavy atom. The highest BCUT2D eigenvalue weighted by molar-refractivity contribution is 5.35. The van der Waals surface area contributed by atoms with Gasteiger partial charge in [-0.2, -0.15) is 0 Å². The molecule has 1 nitrogen and oxygen atoms in total. The number of allylic oxidation sites excluding steroid dienone is 3. The summed E-state index contributed by atoms with van der Waals surface area (Å²) in [6, 6.07) is 0. The summed E-state index contributed by atoms with van der Waals surface area (Å²) in [7, 11) is 2.05. The molecule has 0 saturated heterocycles. The minimum absolute atomic E-state index is 0.739. The van der Waals surface area contributed by atoms with Gasteiger partial charge in [0.2, 0.25) is 0 Å². The first-order valence-corrected chi connectivity index (χ1v) is 6.21. The second-order valence-electron chi connectivity index (χ2n) is 5.08. The predicted molar refractivity (Wildman–Crippen MR) is 65.7 cm³/mol. The van der Waals surface area contributed by atoms with Gasteiger partial charge >= 0.3 is 0 Å². The summed E-state index contributed by atoms with van der Waals surface area (Å²) in [5.74, 6) is 3.29. The molecule has 1 heteroatoms. The van der Waals surface area contributed by atoms with Gasteiger partial charge < -0.3 is 5.32 Å². The van der Waals surface area contributed by atoms with Crippen LogP contribution in [0.15, 0.2) is 23.8 Å². The van der Waals surface area contributed by atoms with E-state index >= 15 is 0 Å². The maximum Gasteiger partial charge on any atom is -0.00117 e. The van der Waals surface area contributed by atoms with Gasteiger partial charge in [0, 0.05) is 0 Å². The van der Waals surface area contributed by atoms with E-state index in [0.717, 1.165) is 30.2 Å². The van der Waals surface area contributed by atoms with E-state index in [9.17, 15) is 0 Å².